The Kier molecular flexibility index (Phi) is 3.70. The summed E-state index contributed by atoms with van der Waals surface area (Å²) in [6.07, 6.45) is -5.64. The van der Waals surface area contributed by atoms with E-state index in [1.165, 1.54) is 0 Å². The van der Waals surface area contributed by atoms with Crippen LogP contribution in [-0.2, 0) is 9.53 Å². The van der Waals surface area contributed by atoms with E-state index in [4.69, 9.17) is 9.84 Å². The molecule has 5 atom stereocenters. The Hall–Kier alpha value is -0.820. The Morgan fingerprint density at radius 2 is 1.86 bits per heavy atom. The summed E-state index contributed by atoms with van der Waals surface area (Å²) < 4.78 is 4.83. The third-order valence-electron chi connectivity index (χ3n) is 2.05. The van der Waals surface area contributed by atoms with E-state index in [2.05, 4.69) is 4.99 Å². The van der Waals surface area contributed by atoms with Crippen molar-refractivity contribution in [2.45, 2.75) is 30.6 Å². The highest BCUT2D eigenvalue weighted by Gasteiger charge is 2.43. The number of hydrogen-bond donors (Lipinski definition) is 4. The van der Waals surface area contributed by atoms with Crippen molar-refractivity contribution in [3.05, 3.63) is 0 Å². The number of hydrogen-bond acceptors (Lipinski definition) is 7. The van der Waals surface area contributed by atoms with Crippen molar-refractivity contribution in [2.24, 2.45) is 4.99 Å². The van der Waals surface area contributed by atoms with Crippen molar-refractivity contribution in [1.29, 1.82) is 0 Å². The number of isocyanates is 1. The van der Waals surface area contributed by atoms with Gasteiger partial charge in [-0.1, -0.05) is 0 Å². The normalized spacial score (nSPS) is 43.0. The zero-order chi connectivity index (χ0) is 10.7. The zero-order valence-corrected chi connectivity index (χ0v) is 7.15. The molecule has 14 heavy (non-hydrogen) atoms. The fourth-order valence-corrected chi connectivity index (χ4v) is 1.24. The number of rotatable bonds is 2. The Balaban J connectivity index is 2.77. The number of aliphatic hydroxyl groups excluding tert-OH is 4. The molecule has 1 unspecified atom stereocenters. The standard InChI is InChI=1S/C7H11NO6/c9-1-3-4(11)5(12)6(13)7(14-3)8-2-10/h3-7,9,11-13H,1H2/t3-,4-,5+,6+,7?/m1/s1. The Morgan fingerprint density at radius 3 is 2.36 bits per heavy atom. The quantitative estimate of drug-likeness (QED) is 0.284. The molecule has 1 heterocycles. The summed E-state index contributed by atoms with van der Waals surface area (Å²) in [5.74, 6) is 0. The van der Waals surface area contributed by atoms with Gasteiger partial charge in [-0.15, -0.1) is 0 Å². The summed E-state index contributed by atoms with van der Waals surface area (Å²) in [5.41, 5.74) is 0. The predicted molar refractivity (Wildman–Crippen MR) is 41.9 cm³/mol. The first-order valence-corrected chi connectivity index (χ1v) is 3.99. The lowest BCUT2D eigenvalue weighted by Crippen LogP contribution is -2.57. The maximum Gasteiger partial charge on any atom is 0.237 e. The monoisotopic (exact) mass is 205 g/mol. The second-order valence-corrected chi connectivity index (χ2v) is 2.94. The fraction of sp³-hybridized carbons (Fsp3) is 0.857. The molecule has 4 N–H and O–H groups in total. The number of ether oxygens (including phenoxy) is 1. The molecule has 0 aromatic heterocycles. The van der Waals surface area contributed by atoms with Crippen LogP contribution in [0.2, 0.25) is 0 Å². The third-order valence-corrected chi connectivity index (χ3v) is 2.05. The van der Waals surface area contributed by atoms with Gasteiger partial charge in [0.1, 0.15) is 24.4 Å². The van der Waals surface area contributed by atoms with Crippen LogP contribution in [0.1, 0.15) is 0 Å². The summed E-state index contributed by atoms with van der Waals surface area (Å²) >= 11 is 0. The molecule has 1 aliphatic rings. The molecule has 0 radical (unpaired) electrons. The average molecular weight is 205 g/mol. The van der Waals surface area contributed by atoms with Crippen molar-refractivity contribution < 1.29 is 30.0 Å². The molecule has 0 aromatic carbocycles. The van der Waals surface area contributed by atoms with E-state index >= 15 is 0 Å². The van der Waals surface area contributed by atoms with Crippen LogP contribution < -0.4 is 0 Å². The Morgan fingerprint density at radius 1 is 1.21 bits per heavy atom. The highest BCUT2D eigenvalue weighted by molar-refractivity contribution is 5.33. The minimum absolute atomic E-state index is 0.546. The second-order valence-electron chi connectivity index (χ2n) is 2.94. The first-order valence-electron chi connectivity index (χ1n) is 3.99. The number of carbonyl (C=O) groups excluding carboxylic acids is 1. The Bertz CT molecular complexity index is 238. The highest BCUT2D eigenvalue weighted by atomic mass is 16.6. The molecule has 0 aliphatic carbocycles. The topological polar surface area (TPSA) is 120 Å². The SMILES string of the molecule is O=C=NC1O[C@H](CO)[C@@H](O)[C@H](O)[C@@H]1O. The summed E-state index contributed by atoms with van der Waals surface area (Å²) in [5, 5.41) is 36.5. The number of nitrogens with zero attached hydrogens (tertiary/aromatic N) is 1. The van der Waals surface area contributed by atoms with E-state index in [9.17, 15) is 20.1 Å². The van der Waals surface area contributed by atoms with Crippen molar-refractivity contribution in [3.63, 3.8) is 0 Å². The molecule has 1 fully saturated rings. The van der Waals surface area contributed by atoms with Gasteiger partial charge in [0.15, 0.2) is 6.23 Å². The number of aliphatic imine (C=N–C) groups is 1. The molecular weight excluding hydrogens is 194 g/mol. The van der Waals surface area contributed by atoms with Gasteiger partial charge >= 0.3 is 0 Å². The number of aliphatic hydroxyl groups is 4. The first-order chi connectivity index (χ1) is 6.61. The van der Waals surface area contributed by atoms with Crippen LogP contribution in [0, 0.1) is 0 Å². The molecule has 0 amide bonds. The lowest BCUT2D eigenvalue weighted by molar-refractivity contribution is -0.226. The van der Waals surface area contributed by atoms with E-state index in [0.717, 1.165) is 6.08 Å². The summed E-state index contributed by atoms with van der Waals surface area (Å²) in [4.78, 5) is 13.0. The molecule has 80 valence electrons. The summed E-state index contributed by atoms with van der Waals surface area (Å²) in [6, 6.07) is 0. The van der Waals surface area contributed by atoms with Gasteiger partial charge in [-0.3, -0.25) is 0 Å². The smallest absolute Gasteiger partial charge is 0.237 e. The van der Waals surface area contributed by atoms with Gasteiger partial charge < -0.3 is 25.2 Å². The van der Waals surface area contributed by atoms with Gasteiger partial charge in [0.25, 0.3) is 0 Å². The zero-order valence-electron chi connectivity index (χ0n) is 7.15. The molecule has 0 spiro atoms. The minimum atomic E-state index is -1.51. The molecule has 0 bridgehead atoms. The summed E-state index contributed by atoms with van der Waals surface area (Å²) in [6.45, 7) is -0.546. The summed E-state index contributed by atoms with van der Waals surface area (Å²) in [7, 11) is 0. The van der Waals surface area contributed by atoms with E-state index in [1.807, 2.05) is 0 Å². The minimum Gasteiger partial charge on any atom is -0.394 e. The molecular formula is C7H11NO6. The Labute approximate surface area is 79.3 Å². The van der Waals surface area contributed by atoms with Gasteiger partial charge in [0, 0.05) is 0 Å². The average Bonchev–Trinajstić information content (AvgIpc) is 2.19. The van der Waals surface area contributed by atoms with Crippen LogP contribution in [0.15, 0.2) is 4.99 Å². The van der Waals surface area contributed by atoms with Gasteiger partial charge in [0.05, 0.1) is 6.61 Å². The van der Waals surface area contributed by atoms with Crippen molar-refractivity contribution in [2.75, 3.05) is 6.61 Å². The van der Waals surface area contributed by atoms with Crippen molar-refractivity contribution in [3.8, 4) is 0 Å². The molecule has 7 heteroatoms. The van der Waals surface area contributed by atoms with Gasteiger partial charge in [-0.2, -0.15) is 4.99 Å². The highest BCUT2D eigenvalue weighted by Crippen LogP contribution is 2.21. The molecule has 0 saturated carbocycles. The lowest BCUT2D eigenvalue weighted by atomic mass is 9.99. The molecule has 0 aromatic rings. The van der Waals surface area contributed by atoms with Crippen LogP contribution in [0.5, 0.6) is 0 Å². The maximum absolute atomic E-state index is 9.91. The van der Waals surface area contributed by atoms with Crippen LogP contribution in [0.4, 0.5) is 0 Å². The van der Waals surface area contributed by atoms with E-state index in [0.29, 0.717) is 0 Å². The van der Waals surface area contributed by atoms with Crippen LogP contribution in [0.3, 0.4) is 0 Å². The van der Waals surface area contributed by atoms with Gasteiger partial charge in [-0.25, -0.2) is 4.79 Å². The van der Waals surface area contributed by atoms with Crippen LogP contribution in [-0.4, -0.2) is 63.8 Å². The van der Waals surface area contributed by atoms with Crippen LogP contribution >= 0.6 is 0 Å². The third kappa shape index (κ3) is 1.98. The second kappa shape index (κ2) is 4.61. The molecule has 1 saturated heterocycles. The van der Waals surface area contributed by atoms with Crippen molar-refractivity contribution in [1.82, 2.24) is 0 Å². The maximum atomic E-state index is 9.91. The van der Waals surface area contributed by atoms with E-state index in [-0.39, 0.29) is 0 Å². The predicted octanol–water partition coefficient (Wildman–Crippen LogP) is -2.88. The molecule has 7 nitrogen and oxygen atoms in total. The molecule has 1 aliphatic heterocycles. The van der Waals surface area contributed by atoms with E-state index in [1.54, 1.807) is 0 Å². The fourth-order valence-electron chi connectivity index (χ4n) is 1.24. The van der Waals surface area contributed by atoms with Crippen LogP contribution in [0.25, 0.3) is 0 Å². The van der Waals surface area contributed by atoms with Gasteiger partial charge in [0.2, 0.25) is 6.08 Å². The van der Waals surface area contributed by atoms with Gasteiger partial charge in [-0.05, 0) is 0 Å². The lowest BCUT2D eigenvalue weighted by Gasteiger charge is -2.37. The van der Waals surface area contributed by atoms with Crippen molar-refractivity contribution >= 4 is 6.08 Å². The largest absolute Gasteiger partial charge is 0.394 e. The first kappa shape index (κ1) is 11.3. The van der Waals surface area contributed by atoms with E-state index < -0.39 is 37.3 Å². The molecule has 1 rings (SSSR count).